The number of benzene rings is 13. The molecule has 0 aliphatic rings. The Balaban J connectivity index is 0.951. The molecule has 0 bridgehead atoms. The molecule has 4 heterocycles. The van der Waals surface area contributed by atoms with Crippen molar-refractivity contribution >= 4 is 132 Å². The summed E-state index contributed by atoms with van der Waals surface area (Å²) in [6.45, 7) is 13.8. The summed E-state index contributed by atoms with van der Waals surface area (Å²) in [6.07, 6.45) is 0. The van der Waals surface area contributed by atoms with Crippen LogP contribution < -0.4 is 9.80 Å². The highest BCUT2D eigenvalue weighted by Gasteiger charge is 2.31. The van der Waals surface area contributed by atoms with Gasteiger partial charge in [0.05, 0.1) is 55.8 Å². The average molecular weight is 1100 g/mol. The van der Waals surface area contributed by atoms with E-state index in [1.54, 1.807) is 0 Å². The molecule has 17 rings (SSSR count). The largest absolute Gasteiger partial charge is 0.309 e. The van der Waals surface area contributed by atoms with Crippen LogP contribution in [0.3, 0.4) is 0 Å². The van der Waals surface area contributed by atoms with Gasteiger partial charge in [0.15, 0.2) is 0 Å². The minimum Gasteiger partial charge on any atom is -0.309 e. The van der Waals surface area contributed by atoms with Crippen LogP contribution in [0.25, 0.3) is 120 Å². The van der Waals surface area contributed by atoms with Crippen molar-refractivity contribution in [1.29, 1.82) is 0 Å². The Morgan fingerprint density at radius 1 is 0.279 bits per heavy atom. The van der Waals surface area contributed by atoms with Crippen molar-refractivity contribution in [2.75, 3.05) is 9.80 Å². The van der Waals surface area contributed by atoms with Crippen molar-refractivity contribution in [3.8, 4) is 22.3 Å². The van der Waals surface area contributed by atoms with E-state index in [-0.39, 0.29) is 10.8 Å². The lowest BCUT2D eigenvalue weighted by Crippen LogP contribution is -2.14. The summed E-state index contributed by atoms with van der Waals surface area (Å²) >= 11 is 0. The lowest BCUT2D eigenvalue weighted by atomic mass is 9.87. The number of fused-ring (bicyclic) bond motifs is 14. The van der Waals surface area contributed by atoms with Crippen molar-refractivity contribution < 1.29 is 0 Å². The minimum absolute atomic E-state index is 0.00394. The lowest BCUT2D eigenvalue weighted by molar-refractivity contribution is 0.590. The van der Waals surface area contributed by atoms with Crippen LogP contribution in [0.1, 0.15) is 52.7 Å². The zero-order chi connectivity index (χ0) is 57.7. The van der Waals surface area contributed by atoms with Crippen LogP contribution in [-0.4, -0.2) is 8.80 Å². The van der Waals surface area contributed by atoms with Gasteiger partial charge in [-0.2, -0.15) is 0 Å². The Labute approximate surface area is 500 Å². The highest BCUT2D eigenvalue weighted by atomic mass is 15.2. The summed E-state index contributed by atoms with van der Waals surface area (Å²) in [5.41, 5.74) is 21.4. The Morgan fingerprint density at radius 2 is 0.640 bits per heavy atom. The molecule has 0 saturated carbocycles. The third-order valence-corrected chi connectivity index (χ3v) is 18.6. The summed E-state index contributed by atoms with van der Waals surface area (Å²) in [4.78, 5) is 5.13. The van der Waals surface area contributed by atoms with Crippen molar-refractivity contribution in [3.05, 3.63) is 278 Å². The second-order valence-corrected chi connectivity index (χ2v) is 25.7. The molecule has 0 saturated heterocycles. The van der Waals surface area contributed by atoms with Gasteiger partial charge in [-0.05, 0) is 105 Å². The maximum atomic E-state index is 2.58. The van der Waals surface area contributed by atoms with E-state index < -0.39 is 0 Å². The van der Waals surface area contributed by atoms with E-state index in [0.29, 0.717) is 0 Å². The Bertz CT molecular complexity index is 5170. The number of hydrogen-bond donors (Lipinski definition) is 0. The standard InChI is InChI=1S/C82H62N4/c1-81(2,3)55-35-39-57(40-36-55)83(77-59-27-15-13-25-53(59)33-43-61(77)51-21-9-7-10-22-51)71-47-45-63-67-49-74-68(50-73(67)85-69-31-19-17-29-65(69)75(71)79(63)85)64-46-48-72(76-66-30-18-20-32-70(66)86(74)80(64)76)84(58-41-37-56(38-42-58)82(4,5)6)78-60-28-16-14-26-54(60)34-44-62(78)52-23-11-8-12-24-52/h7-50H,1-6H3. The van der Waals surface area contributed by atoms with Crippen LogP contribution >= 0.6 is 0 Å². The molecule has 0 fully saturated rings. The first kappa shape index (κ1) is 50.1. The summed E-state index contributed by atoms with van der Waals surface area (Å²) in [7, 11) is 0. The van der Waals surface area contributed by atoms with E-state index in [4.69, 9.17) is 0 Å². The van der Waals surface area contributed by atoms with Crippen molar-refractivity contribution in [1.82, 2.24) is 8.80 Å². The van der Waals surface area contributed by atoms with Crippen LogP contribution in [0.2, 0.25) is 0 Å². The number of hydrogen-bond acceptors (Lipinski definition) is 2. The maximum Gasteiger partial charge on any atom is 0.0641 e. The minimum atomic E-state index is -0.00394. The fraction of sp³-hybridized carbons (Fsp3) is 0.0976. The highest BCUT2D eigenvalue weighted by Crippen LogP contribution is 2.55. The molecule has 0 spiro atoms. The summed E-state index contributed by atoms with van der Waals surface area (Å²) in [5, 5.41) is 14.7. The smallest absolute Gasteiger partial charge is 0.0641 e. The fourth-order valence-electron chi connectivity index (χ4n) is 14.5. The van der Waals surface area contributed by atoms with Gasteiger partial charge in [-0.15, -0.1) is 0 Å². The highest BCUT2D eigenvalue weighted by molar-refractivity contribution is 6.33. The van der Waals surface area contributed by atoms with Gasteiger partial charge in [0.1, 0.15) is 0 Å². The molecule has 0 amide bonds. The molecule has 0 N–H and O–H groups in total. The molecule has 17 aromatic rings. The van der Waals surface area contributed by atoms with Gasteiger partial charge >= 0.3 is 0 Å². The molecule has 86 heavy (non-hydrogen) atoms. The second kappa shape index (κ2) is 18.5. The molecule has 0 aliphatic heterocycles. The second-order valence-electron chi connectivity index (χ2n) is 25.7. The molecular formula is C82H62N4. The molecule has 4 aromatic heterocycles. The van der Waals surface area contributed by atoms with Gasteiger partial charge in [0.25, 0.3) is 0 Å². The predicted molar refractivity (Wildman–Crippen MR) is 368 cm³/mol. The van der Waals surface area contributed by atoms with Crippen molar-refractivity contribution in [2.24, 2.45) is 0 Å². The van der Waals surface area contributed by atoms with Gasteiger partial charge in [0, 0.05) is 76.4 Å². The number of aromatic nitrogens is 2. The van der Waals surface area contributed by atoms with Crippen molar-refractivity contribution in [3.63, 3.8) is 0 Å². The third-order valence-electron chi connectivity index (χ3n) is 18.6. The van der Waals surface area contributed by atoms with E-state index in [0.717, 1.165) is 34.1 Å². The van der Waals surface area contributed by atoms with E-state index >= 15 is 0 Å². The van der Waals surface area contributed by atoms with Crippen LogP contribution in [0, 0.1) is 0 Å². The first-order valence-corrected chi connectivity index (χ1v) is 30.3. The van der Waals surface area contributed by atoms with Gasteiger partial charge < -0.3 is 18.6 Å². The molecule has 410 valence electrons. The fourth-order valence-corrected chi connectivity index (χ4v) is 14.5. The SMILES string of the molecule is CC(C)(C)c1ccc(N(c2c(-c3ccccc3)ccc3ccccc23)c2ccc3c4cc5c(cc4n4c6ccccc6c2c34)c2ccc(N(c3ccc(C(C)(C)C)cc3)c3c(-c4ccccc4)ccc4ccccc34)c3c4ccccc4n5c23)cc1. The summed E-state index contributed by atoms with van der Waals surface area (Å²) in [5.74, 6) is 0. The van der Waals surface area contributed by atoms with Crippen LogP contribution in [0.4, 0.5) is 34.1 Å². The third kappa shape index (κ3) is 7.35. The van der Waals surface area contributed by atoms with Crippen molar-refractivity contribution in [2.45, 2.75) is 52.4 Å². The molecule has 4 nitrogen and oxygen atoms in total. The molecule has 13 aromatic carbocycles. The first-order valence-electron chi connectivity index (χ1n) is 30.3. The molecule has 4 heteroatoms. The topological polar surface area (TPSA) is 15.3 Å². The summed E-state index contributed by atoms with van der Waals surface area (Å²) < 4.78 is 5.15. The van der Waals surface area contributed by atoms with E-state index in [1.807, 2.05) is 0 Å². The van der Waals surface area contributed by atoms with E-state index in [2.05, 4.69) is 327 Å². The zero-order valence-corrected chi connectivity index (χ0v) is 49.2. The normalized spacial score (nSPS) is 12.5. The molecule has 0 aliphatic carbocycles. The van der Waals surface area contributed by atoms with Gasteiger partial charge in [-0.1, -0.05) is 248 Å². The number of nitrogens with zero attached hydrogens (tertiary/aromatic N) is 4. The van der Waals surface area contributed by atoms with E-state index in [9.17, 15) is 0 Å². The Hall–Kier alpha value is -10.4. The maximum absolute atomic E-state index is 2.58. The van der Waals surface area contributed by atoms with Crippen LogP contribution in [0.15, 0.2) is 267 Å². The lowest BCUT2D eigenvalue weighted by Gasteiger charge is -2.31. The van der Waals surface area contributed by atoms with E-state index in [1.165, 1.54) is 131 Å². The zero-order valence-electron chi connectivity index (χ0n) is 49.2. The van der Waals surface area contributed by atoms with Gasteiger partial charge in [-0.25, -0.2) is 0 Å². The first-order chi connectivity index (χ1) is 42.0. The summed E-state index contributed by atoms with van der Waals surface area (Å²) in [6, 6.07) is 100. The number of anilines is 6. The Morgan fingerprint density at radius 3 is 1.03 bits per heavy atom. The average Bonchev–Trinajstić information content (AvgIpc) is 2.20. The molecule has 0 radical (unpaired) electrons. The molecular weight excluding hydrogens is 1040 g/mol. The quantitative estimate of drug-likeness (QED) is 0.151. The molecule has 0 unspecified atom stereocenters. The van der Waals surface area contributed by atoms with Crippen LogP contribution in [-0.2, 0) is 10.8 Å². The Kier molecular flexibility index (Phi) is 10.8. The van der Waals surface area contributed by atoms with Gasteiger partial charge in [-0.3, -0.25) is 0 Å². The molecule has 0 atom stereocenters. The predicted octanol–water partition coefficient (Wildman–Crippen LogP) is 23.2. The monoisotopic (exact) mass is 1100 g/mol. The van der Waals surface area contributed by atoms with Crippen LogP contribution in [0.5, 0.6) is 0 Å². The number of rotatable bonds is 8. The number of para-hydroxylation sites is 2. The van der Waals surface area contributed by atoms with Gasteiger partial charge in [0.2, 0.25) is 0 Å².